The first-order valence-corrected chi connectivity index (χ1v) is 7.31. The van der Waals surface area contributed by atoms with Crippen LogP contribution < -0.4 is 5.32 Å². The molecule has 1 nitrogen and oxygen atoms in total. The third-order valence-electron chi connectivity index (χ3n) is 2.71. The molecule has 0 aliphatic carbocycles. The van der Waals surface area contributed by atoms with Crippen LogP contribution in [0.1, 0.15) is 31.0 Å². The summed E-state index contributed by atoms with van der Waals surface area (Å²) in [4.78, 5) is 0. The van der Waals surface area contributed by atoms with E-state index in [0.29, 0.717) is 6.04 Å². The molecule has 0 aliphatic heterocycles. The van der Waals surface area contributed by atoms with Crippen LogP contribution in [0.4, 0.5) is 0 Å². The molecule has 0 spiro atoms. The van der Waals surface area contributed by atoms with E-state index in [1.165, 1.54) is 17.5 Å². The Bertz CT molecular complexity index is 292. The summed E-state index contributed by atoms with van der Waals surface area (Å²) in [6.07, 6.45) is 3.32. The van der Waals surface area contributed by atoms with Gasteiger partial charge in [0.1, 0.15) is 0 Å². The minimum Gasteiger partial charge on any atom is -0.312 e. The highest BCUT2D eigenvalue weighted by Crippen LogP contribution is 2.18. The van der Waals surface area contributed by atoms with Crippen LogP contribution in [-0.4, -0.2) is 19.1 Å². The Kier molecular flexibility index (Phi) is 5.93. The molecule has 1 atom stereocenters. The van der Waals surface area contributed by atoms with E-state index >= 15 is 0 Å². The molecule has 1 rings (SSSR count). The van der Waals surface area contributed by atoms with Crippen molar-refractivity contribution in [2.24, 2.45) is 5.92 Å². The molecule has 0 aromatic heterocycles. The van der Waals surface area contributed by atoms with Gasteiger partial charge in [0.05, 0.1) is 0 Å². The summed E-state index contributed by atoms with van der Waals surface area (Å²) < 4.78 is 0. The fourth-order valence-electron chi connectivity index (χ4n) is 1.87. The highest BCUT2D eigenvalue weighted by molar-refractivity contribution is 7.98. The summed E-state index contributed by atoms with van der Waals surface area (Å²) in [6.45, 7) is 4.52. The van der Waals surface area contributed by atoms with Crippen LogP contribution >= 0.6 is 11.8 Å². The summed E-state index contributed by atoms with van der Waals surface area (Å²) >= 11 is 1.88. The first-order chi connectivity index (χ1) is 7.67. The van der Waals surface area contributed by atoms with Crippen molar-refractivity contribution < 1.29 is 0 Å². The monoisotopic (exact) mass is 237 g/mol. The number of hydrogen-bond donors (Lipinski definition) is 1. The number of nitrogens with one attached hydrogen (secondary N) is 1. The van der Waals surface area contributed by atoms with Gasteiger partial charge in [-0.1, -0.05) is 38.1 Å². The van der Waals surface area contributed by atoms with Crippen LogP contribution in [0.5, 0.6) is 0 Å². The topological polar surface area (TPSA) is 12.0 Å². The van der Waals surface area contributed by atoms with E-state index < -0.39 is 0 Å². The minimum absolute atomic E-state index is 0.475. The molecule has 1 N–H and O–H groups in total. The second-order valence-corrected chi connectivity index (χ2v) is 5.55. The van der Waals surface area contributed by atoms with E-state index in [-0.39, 0.29) is 0 Å². The molecular formula is C14H23NS. The van der Waals surface area contributed by atoms with Crippen LogP contribution in [0, 0.1) is 5.92 Å². The predicted molar refractivity (Wildman–Crippen MR) is 75.2 cm³/mol. The molecule has 0 saturated heterocycles. The average molecular weight is 237 g/mol. The third-order valence-corrected chi connectivity index (χ3v) is 3.37. The standard InChI is InChI=1S/C14H23NS/c1-11(2)9-12-5-7-13(8-6-12)14(15-3)10-16-4/h5-8,11,14-15H,9-10H2,1-4H3. The van der Waals surface area contributed by atoms with Gasteiger partial charge in [0.2, 0.25) is 0 Å². The van der Waals surface area contributed by atoms with Crippen molar-refractivity contribution in [1.29, 1.82) is 0 Å². The molecule has 16 heavy (non-hydrogen) atoms. The zero-order valence-corrected chi connectivity index (χ0v) is 11.6. The summed E-state index contributed by atoms with van der Waals surface area (Å²) in [7, 11) is 2.03. The number of hydrogen-bond acceptors (Lipinski definition) is 2. The fraction of sp³-hybridized carbons (Fsp3) is 0.571. The maximum Gasteiger partial charge on any atom is 0.0409 e. The second-order valence-electron chi connectivity index (χ2n) is 4.64. The van der Waals surface area contributed by atoms with Gasteiger partial charge < -0.3 is 5.32 Å². The molecule has 1 unspecified atom stereocenters. The van der Waals surface area contributed by atoms with Crippen molar-refractivity contribution >= 4 is 11.8 Å². The summed E-state index contributed by atoms with van der Waals surface area (Å²) in [6, 6.07) is 9.52. The van der Waals surface area contributed by atoms with E-state index in [9.17, 15) is 0 Å². The zero-order valence-electron chi connectivity index (χ0n) is 10.8. The molecule has 0 aliphatic rings. The van der Waals surface area contributed by atoms with Crippen molar-refractivity contribution in [3.63, 3.8) is 0 Å². The van der Waals surface area contributed by atoms with E-state index in [2.05, 4.69) is 49.7 Å². The van der Waals surface area contributed by atoms with Crippen molar-refractivity contribution in [3.8, 4) is 0 Å². The van der Waals surface area contributed by atoms with Crippen LogP contribution in [0.25, 0.3) is 0 Å². The van der Waals surface area contributed by atoms with E-state index in [1.807, 2.05) is 18.8 Å². The lowest BCUT2D eigenvalue weighted by Gasteiger charge is -2.16. The molecule has 2 heteroatoms. The summed E-state index contributed by atoms with van der Waals surface area (Å²) in [5.41, 5.74) is 2.84. The zero-order chi connectivity index (χ0) is 12.0. The highest BCUT2D eigenvalue weighted by Gasteiger charge is 2.07. The molecule has 0 heterocycles. The fourth-order valence-corrected chi connectivity index (χ4v) is 2.56. The smallest absolute Gasteiger partial charge is 0.0409 e. The van der Waals surface area contributed by atoms with E-state index in [1.54, 1.807) is 0 Å². The molecule has 0 bridgehead atoms. The van der Waals surface area contributed by atoms with Gasteiger partial charge in [-0.3, -0.25) is 0 Å². The highest BCUT2D eigenvalue weighted by atomic mass is 32.2. The molecule has 0 saturated carbocycles. The van der Waals surface area contributed by atoms with Crippen LogP contribution in [0.15, 0.2) is 24.3 Å². The quantitative estimate of drug-likeness (QED) is 0.812. The largest absolute Gasteiger partial charge is 0.312 e. The second kappa shape index (κ2) is 6.97. The first kappa shape index (κ1) is 13.6. The lowest BCUT2D eigenvalue weighted by Crippen LogP contribution is -2.18. The molecule has 1 aromatic rings. The predicted octanol–water partition coefficient (Wildman–Crippen LogP) is 3.51. The van der Waals surface area contributed by atoms with Crippen molar-refractivity contribution in [3.05, 3.63) is 35.4 Å². The van der Waals surface area contributed by atoms with Gasteiger partial charge in [-0.05, 0) is 36.8 Å². The van der Waals surface area contributed by atoms with Crippen molar-refractivity contribution in [1.82, 2.24) is 5.32 Å². The maximum atomic E-state index is 3.36. The lowest BCUT2D eigenvalue weighted by molar-refractivity contribution is 0.643. The Morgan fingerprint density at radius 3 is 2.25 bits per heavy atom. The Morgan fingerprint density at radius 2 is 1.81 bits per heavy atom. The third kappa shape index (κ3) is 4.18. The van der Waals surface area contributed by atoms with Crippen LogP contribution in [0.2, 0.25) is 0 Å². The van der Waals surface area contributed by atoms with Crippen molar-refractivity contribution in [2.45, 2.75) is 26.3 Å². The number of rotatable bonds is 6. The Morgan fingerprint density at radius 1 is 1.19 bits per heavy atom. The number of thioether (sulfide) groups is 1. The summed E-state index contributed by atoms with van der Waals surface area (Å²) in [5.74, 6) is 1.86. The SMILES string of the molecule is CNC(CSC)c1ccc(CC(C)C)cc1. The van der Waals surface area contributed by atoms with Crippen LogP contribution in [-0.2, 0) is 6.42 Å². The van der Waals surface area contributed by atoms with Gasteiger partial charge >= 0.3 is 0 Å². The van der Waals surface area contributed by atoms with Crippen molar-refractivity contribution in [2.75, 3.05) is 19.1 Å². The molecule has 1 aromatic carbocycles. The van der Waals surface area contributed by atoms with Gasteiger partial charge in [-0.2, -0.15) is 11.8 Å². The molecular weight excluding hydrogens is 214 g/mol. The molecule has 90 valence electrons. The van der Waals surface area contributed by atoms with Crippen LogP contribution in [0.3, 0.4) is 0 Å². The molecule has 0 amide bonds. The molecule has 0 radical (unpaired) electrons. The van der Waals surface area contributed by atoms with Gasteiger partial charge in [0, 0.05) is 11.8 Å². The Balaban J connectivity index is 2.69. The first-order valence-electron chi connectivity index (χ1n) is 5.92. The van der Waals surface area contributed by atoms with Gasteiger partial charge in [-0.25, -0.2) is 0 Å². The number of benzene rings is 1. The Labute approximate surface area is 104 Å². The van der Waals surface area contributed by atoms with Gasteiger partial charge in [0.25, 0.3) is 0 Å². The summed E-state index contributed by atoms with van der Waals surface area (Å²) in [5, 5.41) is 3.36. The normalized spacial score (nSPS) is 13.1. The average Bonchev–Trinajstić information content (AvgIpc) is 2.26. The molecule has 0 fully saturated rings. The van der Waals surface area contributed by atoms with E-state index in [4.69, 9.17) is 0 Å². The Hall–Kier alpha value is -0.470. The minimum atomic E-state index is 0.475. The lowest BCUT2D eigenvalue weighted by atomic mass is 10.00. The van der Waals surface area contributed by atoms with Gasteiger partial charge in [-0.15, -0.1) is 0 Å². The van der Waals surface area contributed by atoms with Gasteiger partial charge in [0.15, 0.2) is 0 Å². The van der Waals surface area contributed by atoms with E-state index in [0.717, 1.165) is 11.7 Å². The maximum absolute atomic E-state index is 3.36.